The highest BCUT2D eigenvalue weighted by Gasteiger charge is 2.28. The van der Waals surface area contributed by atoms with Gasteiger partial charge in [-0.2, -0.15) is 0 Å². The monoisotopic (exact) mass is 526 g/mol. The van der Waals surface area contributed by atoms with E-state index >= 15 is 0 Å². The molecule has 1 fully saturated rings. The van der Waals surface area contributed by atoms with Crippen LogP contribution in [0.2, 0.25) is 10.0 Å². The minimum absolute atomic E-state index is 0.0892. The van der Waals surface area contributed by atoms with Crippen molar-refractivity contribution in [2.24, 2.45) is 0 Å². The number of ether oxygens (including phenoxy) is 1. The molecule has 36 heavy (non-hydrogen) atoms. The second kappa shape index (κ2) is 10.6. The number of halogens is 3. The highest BCUT2D eigenvalue weighted by Crippen LogP contribution is 2.36. The van der Waals surface area contributed by atoms with Gasteiger partial charge in [-0.3, -0.25) is 9.59 Å². The lowest BCUT2D eigenvalue weighted by molar-refractivity contribution is 0.0696. The fourth-order valence-electron chi connectivity index (χ4n) is 4.81. The minimum atomic E-state index is -0.640. The van der Waals surface area contributed by atoms with Gasteiger partial charge in [-0.25, -0.2) is 4.39 Å². The van der Waals surface area contributed by atoms with Crippen molar-refractivity contribution >= 4 is 40.7 Å². The van der Waals surface area contributed by atoms with E-state index in [1.165, 1.54) is 18.2 Å². The smallest absolute Gasteiger partial charge is 0.262 e. The molecule has 0 bridgehead atoms. The number of carbonyl (C=O) groups excluding carboxylic acids is 2. The summed E-state index contributed by atoms with van der Waals surface area (Å²) >= 11 is 12.7. The van der Waals surface area contributed by atoms with Crippen molar-refractivity contribution in [3.05, 3.63) is 87.2 Å². The summed E-state index contributed by atoms with van der Waals surface area (Å²) in [5.74, 6) is -1.24. The molecule has 3 aromatic rings. The zero-order valence-corrected chi connectivity index (χ0v) is 21.0. The normalized spacial score (nSPS) is 15.9. The number of anilines is 1. The Morgan fingerprint density at radius 1 is 1.00 bits per heavy atom. The molecule has 0 unspecified atom stereocenters. The van der Waals surface area contributed by atoms with E-state index in [0.29, 0.717) is 30.3 Å². The molecule has 1 saturated heterocycles. The van der Waals surface area contributed by atoms with Crippen molar-refractivity contribution in [1.82, 2.24) is 5.32 Å². The first-order chi connectivity index (χ1) is 17.4. The standard InChI is InChI=1S/C28H25Cl2FN2O3/c29-22-8-6-19(27(34)32-20-10-13-36-14-11-20)16-21(22)17-7-9-25-18(15-17)3-2-12-33(25)28(35)26-23(30)4-1-5-24(26)31/h1,4-9,15-16,20H,2-3,10-14H2,(H,32,34). The molecule has 2 aliphatic heterocycles. The summed E-state index contributed by atoms with van der Waals surface area (Å²) in [5.41, 5.74) is 3.66. The third kappa shape index (κ3) is 4.99. The number of nitrogens with zero attached hydrogens (tertiary/aromatic N) is 1. The van der Waals surface area contributed by atoms with E-state index in [2.05, 4.69) is 5.32 Å². The molecule has 3 aromatic carbocycles. The quantitative estimate of drug-likeness (QED) is 0.433. The van der Waals surface area contributed by atoms with Crippen LogP contribution in [0.5, 0.6) is 0 Å². The number of rotatable bonds is 4. The molecule has 186 valence electrons. The molecule has 0 radical (unpaired) electrons. The van der Waals surface area contributed by atoms with E-state index in [4.69, 9.17) is 27.9 Å². The summed E-state index contributed by atoms with van der Waals surface area (Å²) in [7, 11) is 0. The minimum Gasteiger partial charge on any atom is -0.381 e. The summed E-state index contributed by atoms with van der Waals surface area (Å²) in [5, 5.41) is 3.70. The molecular formula is C28H25Cl2FN2O3. The first-order valence-corrected chi connectivity index (χ1v) is 12.8. The van der Waals surface area contributed by atoms with E-state index in [9.17, 15) is 14.0 Å². The van der Waals surface area contributed by atoms with Gasteiger partial charge in [0.15, 0.2) is 0 Å². The van der Waals surface area contributed by atoms with Crippen LogP contribution >= 0.6 is 23.2 Å². The van der Waals surface area contributed by atoms with Gasteiger partial charge in [0.1, 0.15) is 5.82 Å². The second-order valence-electron chi connectivity index (χ2n) is 9.06. The average molecular weight is 527 g/mol. The van der Waals surface area contributed by atoms with E-state index in [1.54, 1.807) is 23.1 Å². The number of hydrogen-bond acceptors (Lipinski definition) is 3. The number of fused-ring (bicyclic) bond motifs is 1. The number of aryl methyl sites for hydroxylation is 1. The van der Waals surface area contributed by atoms with Crippen LogP contribution in [0.1, 0.15) is 45.5 Å². The SMILES string of the molecule is O=C(NC1CCOCC1)c1ccc(Cl)c(-c2ccc3c(c2)CCCN3C(=O)c2c(F)cccc2Cl)c1. The fourth-order valence-corrected chi connectivity index (χ4v) is 5.28. The molecule has 0 aromatic heterocycles. The summed E-state index contributed by atoms with van der Waals surface area (Å²) < 4.78 is 19.8. The third-order valence-electron chi connectivity index (χ3n) is 6.72. The Kier molecular flexibility index (Phi) is 7.28. The summed E-state index contributed by atoms with van der Waals surface area (Å²) in [6.07, 6.45) is 3.09. The number of nitrogens with one attached hydrogen (secondary N) is 1. The molecule has 0 atom stereocenters. The van der Waals surface area contributed by atoms with Crippen LogP contribution in [0.4, 0.5) is 10.1 Å². The molecule has 2 aliphatic rings. The Hall–Kier alpha value is -2.93. The van der Waals surface area contributed by atoms with E-state index < -0.39 is 11.7 Å². The highest BCUT2D eigenvalue weighted by molar-refractivity contribution is 6.34. The van der Waals surface area contributed by atoms with Crippen LogP contribution in [-0.2, 0) is 11.2 Å². The Morgan fingerprint density at radius 3 is 2.58 bits per heavy atom. The van der Waals surface area contributed by atoms with E-state index in [-0.39, 0.29) is 22.5 Å². The Balaban J connectivity index is 1.43. The van der Waals surface area contributed by atoms with Crippen molar-refractivity contribution < 1.29 is 18.7 Å². The Labute approximate surface area is 219 Å². The van der Waals surface area contributed by atoms with Gasteiger partial charge >= 0.3 is 0 Å². The van der Waals surface area contributed by atoms with Gasteiger partial charge < -0.3 is 15.0 Å². The van der Waals surface area contributed by atoms with Crippen molar-refractivity contribution in [3.8, 4) is 11.1 Å². The van der Waals surface area contributed by atoms with Gasteiger partial charge in [-0.1, -0.05) is 35.3 Å². The lowest BCUT2D eigenvalue weighted by Crippen LogP contribution is -2.38. The maximum atomic E-state index is 14.4. The molecular weight excluding hydrogens is 502 g/mol. The first-order valence-electron chi connectivity index (χ1n) is 12.0. The zero-order chi connectivity index (χ0) is 25.2. The number of amides is 2. The van der Waals surface area contributed by atoms with E-state index in [1.807, 2.05) is 18.2 Å². The molecule has 5 rings (SSSR count). The number of hydrogen-bond donors (Lipinski definition) is 1. The van der Waals surface area contributed by atoms with Gasteiger partial charge in [0.25, 0.3) is 11.8 Å². The summed E-state index contributed by atoms with van der Waals surface area (Å²) in [6.45, 7) is 1.77. The van der Waals surface area contributed by atoms with Crippen molar-refractivity contribution in [2.75, 3.05) is 24.7 Å². The topological polar surface area (TPSA) is 58.6 Å². The first kappa shape index (κ1) is 24.8. The van der Waals surface area contributed by atoms with Crippen LogP contribution in [0.3, 0.4) is 0 Å². The second-order valence-corrected chi connectivity index (χ2v) is 9.87. The third-order valence-corrected chi connectivity index (χ3v) is 7.36. The lowest BCUT2D eigenvalue weighted by Gasteiger charge is -2.30. The fraction of sp³-hybridized carbons (Fsp3) is 0.286. The van der Waals surface area contributed by atoms with Gasteiger partial charge in [0.05, 0.1) is 10.6 Å². The molecule has 1 N–H and O–H groups in total. The molecule has 5 nitrogen and oxygen atoms in total. The Bertz CT molecular complexity index is 1300. The molecule has 0 aliphatic carbocycles. The number of carbonyl (C=O) groups is 2. The molecule has 8 heteroatoms. The lowest BCUT2D eigenvalue weighted by atomic mass is 9.94. The maximum Gasteiger partial charge on any atom is 0.262 e. The van der Waals surface area contributed by atoms with Crippen molar-refractivity contribution in [3.63, 3.8) is 0 Å². The highest BCUT2D eigenvalue weighted by atomic mass is 35.5. The molecule has 0 spiro atoms. The van der Waals surface area contributed by atoms with Crippen LogP contribution in [0, 0.1) is 5.82 Å². The van der Waals surface area contributed by atoms with Crippen LogP contribution in [-0.4, -0.2) is 37.6 Å². The average Bonchev–Trinajstić information content (AvgIpc) is 2.88. The van der Waals surface area contributed by atoms with E-state index in [0.717, 1.165) is 48.1 Å². The predicted octanol–water partition coefficient (Wildman–Crippen LogP) is 6.30. The zero-order valence-electron chi connectivity index (χ0n) is 19.5. The summed E-state index contributed by atoms with van der Waals surface area (Å²) in [6, 6.07) is 15.3. The van der Waals surface area contributed by atoms with Crippen molar-refractivity contribution in [1.29, 1.82) is 0 Å². The largest absolute Gasteiger partial charge is 0.381 e. The van der Waals surface area contributed by atoms with Crippen LogP contribution in [0.25, 0.3) is 11.1 Å². The Morgan fingerprint density at radius 2 is 1.81 bits per heavy atom. The predicted molar refractivity (Wildman–Crippen MR) is 140 cm³/mol. The van der Waals surface area contributed by atoms with Crippen LogP contribution < -0.4 is 10.2 Å². The molecule has 0 saturated carbocycles. The van der Waals surface area contributed by atoms with Crippen LogP contribution in [0.15, 0.2) is 54.6 Å². The van der Waals surface area contributed by atoms with Gasteiger partial charge in [-0.05, 0) is 79.3 Å². The van der Waals surface area contributed by atoms with Gasteiger partial charge in [-0.15, -0.1) is 0 Å². The molecule has 2 amide bonds. The van der Waals surface area contributed by atoms with Crippen molar-refractivity contribution in [2.45, 2.75) is 31.7 Å². The number of benzene rings is 3. The van der Waals surface area contributed by atoms with Gasteiger partial charge in [0.2, 0.25) is 0 Å². The molecule has 2 heterocycles. The van der Waals surface area contributed by atoms with Gasteiger partial charge in [0, 0.05) is 47.6 Å². The summed E-state index contributed by atoms with van der Waals surface area (Å²) in [4.78, 5) is 27.7. The maximum absolute atomic E-state index is 14.4.